The number of aryl methyl sites for hydroxylation is 1. The van der Waals surface area contributed by atoms with Crippen molar-refractivity contribution in [2.24, 2.45) is 11.7 Å². The molecule has 0 bridgehead atoms. The molecule has 28 heavy (non-hydrogen) atoms. The number of nitrogens with two attached hydrogens (primary N) is 1. The van der Waals surface area contributed by atoms with Crippen LogP contribution in [0.5, 0.6) is 0 Å². The summed E-state index contributed by atoms with van der Waals surface area (Å²) < 4.78 is 0. The zero-order valence-electron chi connectivity index (χ0n) is 16.4. The molecule has 0 spiro atoms. The molecule has 1 aliphatic heterocycles. The Hall–Kier alpha value is -2.12. The Balaban J connectivity index is 0.00000280. The van der Waals surface area contributed by atoms with Gasteiger partial charge in [0.2, 0.25) is 5.91 Å². The van der Waals surface area contributed by atoms with Crippen LogP contribution in [-0.4, -0.2) is 41.9 Å². The van der Waals surface area contributed by atoms with Gasteiger partial charge < -0.3 is 16.4 Å². The highest BCUT2D eigenvalue weighted by atomic mass is 35.5. The van der Waals surface area contributed by atoms with Crippen LogP contribution in [0.4, 0.5) is 4.79 Å². The van der Waals surface area contributed by atoms with Gasteiger partial charge in [-0.3, -0.25) is 14.5 Å². The number of carbonyl (C=O) groups is 3. The Morgan fingerprint density at radius 1 is 1.25 bits per heavy atom. The predicted molar refractivity (Wildman–Crippen MR) is 109 cm³/mol. The molecule has 3 unspecified atom stereocenters. The average Bonchev–Trinajstić information content (AvgIpc) is 2.86. The maximum absolute atomic E-state index is 12.9. The maximum atomic E-state index is 12.9. The van der Waals surface area contributed by atoms with Crippen molar-refractivity contribution >= 4 is 30.3 Å². The number of imide groups is 1. The Morgan fingerprint density at radius 2 is 1.89 bits per heavy atom. The van der Waals surface area contributed by atoms with E-state index in [0.29, 0.717) is 12.1 Å². The first-order valence-corrected chi connectivity index (χ1v) is 9.56. The molecule has 8 heteroatoms. The fraction of sp³-hybridized carbons (Fsp3) is 0.550. The lowest BCUT2D eigenvalue weighted by Crippen LogP contribution is -2.49. The van der Waals surface area contributed by atoms with E-state index in [1.54, 1.807) is 6.92 Å². The van der Waals surface area contributed by atoms with Crippen LogP contribution in [0.2, 0.25) is 0 Å². The fourth-order valence-electron chi connectivity index (χ4n) is 4.00. The largest absolute Gasteiger partial charge is 0.351 e. The zero-order valence-corrected chi connectivity index (χ0v) is 17.2. The van der Waals surface area contributed by atoms with Gasteiger partial charge in [0.1, 0.15) is 12.1 Å². The van der Waals surface area contributed by atoms with Crippen molar-refractivity contribution < 1.29 is 14.4 Å². The van der Waals surface area contributed by atoms with Gasteiger partial charge >= 0.3 is 6.03 Å². The summed E-state index contributed by atoms with van der Waals surface area (Å²) in [5.41, 5.74) is 6.42. The minimum absolute atomic E-state index is 0. The molecule has 3 atom stereocenters. The molecule has 1 heterocycles. The molecule has 1 aromatic carbocycles. The smallest absolute Gasteiger partial charge is 0.325 e. The summed E-state index contributed by atoms with van der Waals surface area (Å²) in [7, 11) is 0. The van der Waals surface area contributed by atoms with E-state index < -0.39 is 17.5 Å². The molecule has 7 nitrogen and oxygen atoms in total. The molecule has 0 aromatic heterocycles. The molecule has 1 aliphatic carbocycles. The number of urea groups is 1. The summed E-state index contributed by atoms with van der Waals surface area (Å²) in [4.78, 5) is 38.8. The van der Waals surface area contributed by atoms with E-state index in [1.165, 1.54) is 0 Å². The number of amides is 4. The fourth-order valence-corrected chi connectivity index (χ4v) is 4.00. The normalized spacial score (nSPS) is 27.2. The van der Waals surface area contributed by atoms with Crippen molar-refractivity contribution in [3.63, 3.8) is 0 Å². The summed E-state index contributed by atoms with van der Waals surface area (Å²) in [6.45, 7) is 3.87. The Kier molecular flexibility index (Phi) is 7.06. The lowest BCUT2D eigenvalue weighted by atomic mass is 9.84. The third-order valence-corrected chi connectivity index (χ3v) is 5.76. The molecular weight excluding hydrogens is 380 g/mol. The SMILES string of the molecule is Cc1ccc(C2(C)NC(=O)N(CC(=O)NC3CCCCC3CN)C2=O)cc1.Cl. The van der Waals surface area contributed by atoms with Crippen LogP contribution >= 0.6 is 12.4 Å². The van der Waals surface area contributed by atoms with Crippen molar-refractivity contribution in [2.45, 2.75) is 51.1 Å². The number of hydrogen-bond acceptors (Lipinski definition) is 4. The molecule has 1 saturated carbocycles. The number of nitrogens with zero attached hydrogens (tertiary/aromatic N) is 1. The number of halogens is 1. The van der Waals surface area contributed by atoms with Gasteiger partial charge in [-0.1, -0.05) is 42.7 Å². The van der Waals surface area contributed by atoms with Crippen LogP contribution in [0.3, 0.4) is 0 Å². The van der Waals surface area contributed by atoms with Crippen LogP contribution in [0.25, 0.3) is 0 Å². The lowest BCUT2D eigenvalue weighted by molar-refractivity contribution is -0.135. The summed E-state index contributed by atoms with van der Waals surface area (Å²) in [6.07, 6.45) is 4.05. The lowest BCUT2D eigenvalue weighted by Gasteiger charge is -2.31. The number of hydrogen-bond donors (Lipinski definition) is 3. The quantitative estimate of drug-likeness (QED) is 0.646. The Morgan fingerprint density at radius 3 is 2.54 bits per heavy atom. The molecule has 1 aromatic rings. The van der Waals surface area contributed by atoms with Crippen LogP contribution < -0.4 is 16.4 Å². The van der Waals surface area contributed by atoms with E-state index in [9.17, 15) is 14.4 Å². The number of rotatable bonds is 5. The van der Waals surface area contributed by atoms with Crippen LogP contribution in [0, 0.1) is 12.8 Å². The highest BCUT2D eigenvalue weighted by Crippen LogP contribution is 2.29. The minimum atomic E-state index is -1.16. The summed E-state index contributed by atoms with van der Waals surface area (Å²) in [5.74, 6) is -0.480. The van der Waals surface area contributed by atoms with Gasteiger partial charge in [-0.25, -0.2) is 4.79 Å². The van der Waals surface area contributed by atoms with Gasteiger partial charge in [0.15, 0.2) is 0 Å². The van der Waals surface area contributed by atoms with Crippen molar-refractivity contribution in [2.75, 3.05) is 13.1 Å². The average molecular weight is 409 g/mol. The van der Waals surface area contributed by atoms with Crippen LogP contribution in [0.1, 0.15) is 43.7 Å². The first-order valence-electron chi connectivity index (χ1n) is 9.56. The highest BCUT2D eigenvalue weighted by molar-refractivity contribution is 6.09. The van der Waals surface area contributed by atoms with Crippen LogP contribution in [-0.2, 0) is 15.1 Å². The summed E-state index contributed by atoms with van der Waals surface area (Å²) in [5, 5.41) is 5.70. The molecule has 2 aliphatic rings. The van der Waals surface area contributed by atoms with Gasteiger partial charge in [-0.05, 0) is 44.7 Å². The number of carbonyl (C=O) groups excluding carboxylic acids is 3. The van der Waals surface area contributed by atoms with E-state index in [4.69, 9.17) is 5.73 Å². The molecule has 154 valence electrons. The molecule has 3 rings (SSSR count). The molecule has 0 radical (unpaired) electrons. The minimum Gasteiger partial charge on any atom is -0.351 e. The molecule has 1 saturated heterocycles. The van der Waals surface area contributed by atoms with E-state index in [2.05, 4.69) is 10.6 Å². The molecule has 4 N–H and O–H groups in total. The summed E-state index contributed by atoms with van der Waals surface area (Å²) >= 11 is 0. The van der Waals surface area contributed by atoms with Crippen molar-refractivity contribution in [3.05, 3.63) is 35.4 Å². The van der Waals surface area contributed by atoms with E-state index >= 15 is 0 Å². The second-order valence-corrected chi connectivity index (χ2v) is 7.77. The van der Waals surface area contributed by atoms with E-state index in [0.717, 1.165) is 36.1 Å². The van der Waals surface area contributed by atoms with Crippen molar-refractivity contribution in [1.29, 1.82) is 0 Å². The van der Waals surface area contributed by atoms with E-state index in [1.807, 2.05) is 31.2 Å². The van der Waals surface area contributed by atoms with Crippen LogP contribution in [0.15, 0.2) is 24.3 Å². The van der Waals surface area contributed by atoms with Gasteiger partial charge in [0, 0.05) is 6.04 Å². The van der Waals surface area contributed by atoms with Gasteiger partial charge in [0.25, 0.3) is 5.91 Å². The van der Waals surface area contributed by atoms with Gasteiger partial charge in [0.05, 0.1) is 0 Å². The Labute approximate surface area is 171 Å². The molecule has 4 amide bonds. The summed E-state index contributed by atoms with van der Waals surface area (Å²) in [6, 6.07) is 6.91. The topological polar surface area (TPSA) is 105 Å². The first kappa shape index (κ1) is 22.2. The van der Waals surface area contributed by atoms with Crippen molar-refractivity contribution in [1.82, 2.24) is 15.5 Å². The van der Waals surface area contributed by atoms with Gasteiger partial charge in [-0.15, -0.1) is 12.4 Å². The number of nitrogens with one attached hydrogen (secondary N) is 2. The highest BCUT2D eigenvalue weighted by Gasteiger charge is 2.49. The maximum Gasteiger partial charge on any atom is 0.325 e. The number of benzene rings is 1. The second-order valence-electron chi connectivity index (χ2n) is 7.77. The monoisotopic (exact) mass is 408 g/mol. The second kappa shape index (κ2) is 8.92. The van der Waals surface area contributed by atoms with Gasteiger partial charge in [-0.2, -0.15) is 0 Å². The third-order valence-electron chi connectivity index (χ3n) is 5.76. The first-order chi connectivity index (χ1) is 12.8. The zero-order chi connectivity index (χ0) is 19.6. The standard InChI is InChI=1S/C20H28N4O3.ClH/c1-13-7-9-15(10-8-13)20(2)18(26)24(19(27)23-20)12-17(25)22-16-6-4-3-5-14(16)11-21;/h7-10,14,16H,3-6,11-12,21H2,1-2H3,(H,22,25)(H,23,27);1H. The molecule has 2 fully saturated rings. The molecular formula is C20H29ClN4O3. The van der Waals surface area contributed by atoms with Crippen molar-refractivity contribution in [3.8, 4) is 0 Å². The Bertz CT molecular complexity index is 739. The van der Waals surface area contributed by atoms with E-state index in [-0.39, 0.29) is 36.8 Å². The third kappa shape index (κ3) is 4.31. The predicted octanol–water partition coefficient (Wildman–Crippen LogP) is 1.82.